The molecule has 3 aromatic rings. The molecule has 28 heavy (non-hydrogen) atoms. The fourth-order valence-electron chi connectivity index (χ4n) is 2.90. The first kappa shape index (κ1) is 19.9. The molecule has 1 heterocycles. The summed E-state index contributed by atoms with van der Waals surface area (Å²) in [7, 11) is 0. The van der Waals surface area contributed by atoms with Gasteiger partial charge in [-0.2, -0.15) is 0 Å². The molecule has 0 amide bonds. The zero-order valence-electron chi connectivity index (χ0n) is 16.1. The van der Waals surface area contributed by atoms with Gasteiger partial charge in [-0.25, -0.2) is 4.98 Å². The molecule has 0 radical (unpaired) electrons. The molecule has 1 aromatic heterocycles. The smallest absolute Gasteiger partial charge is 0.218 e. The van der Waals surface area contributed by atoms with E-state index in [1.54, 1.807) is 6.26 Å². The number of unbranched alkanes of at least 4 members (excludes halogenated alkanes) is 3. The number of benzene rings is 2. The van der Waals surface area contributed by atoms with Crippen molar-refractivity contribution in [3.8, 4) is 5.75 Å². The third kappa shape index (κ3) is 6.71. The van der Waals surface area contributed by atoms with Gasteiger partial charge < -0.3 is 14.3 Å². The molecule has 4 nitrogen and oxygen atoms in total. The molecule has 0 saturated heterocycles. The van der Waals surface area contributed by atoms with Gasteiger partial charge in [-0.1, -0.05) is 55.3 Å². The van der Waals surface area contributed by atoms with E-state index in [2.05, 4.69) is 17.1 Å². The Balaban J connectivity index is 1.43. The lowest BCUT2D eigenvalue weighted by Crippen LogP contribution is -1.96. The number of aliphatic hydroxyl groups is 1. The van der Waals surface area contributed by atoms with E-state index in [-0.39, 0.29) is 0 Å². The topological polar surface area (TPSA) is 55.5 Å². The quantitative estimate of drug-likeness (QED) is 0.447. The standard InChI is InChI=1S/C24H27NO3/c26-17-7-2-1-4-10-21-11-14-23(15-12-21)27-18-22-19-28-24(25-22)16-13-20-8-5-3-6-9-20/h3,5-6,8-9,11-16,19,26H,1-2,4,7,10,17-18H2/b16-13+. The van der Waals surface area contributed by atoms with Crippen molar-refractivity contribution in [1.29, 1.82) is 0 Å². The van der Waals surface area contributed by atoms with Crippen molar-refractivity contribution in [3.63, 3.8) is 0 Å². The molecule has 4 heteroatoms. The van der Waals surface area contributed by atoms with Gasteiger partial charge in [-0.15, -0.1) is 0 Å². The number of ether oxygens (including phenoxy) is 1. The lowest BCUT2D eigenvalue weighted by atomic mass is 10.1. The molecule has 3 rings (SSSR count). The van der Waals surface area contributed by atoms with E-state index in [9.17, 15) is 0 Å². The van der Waals surface area contributed by atoms with Crippen LogP contribution in [0.2, 0.25) is 0 Å². The van der Waals surface area contributed by atoms with Gasteiger partial charge in [0.25, 0.3) is 0 Å². The number of hydrogen-bond donors (Lipinski definition) is 1. The van der Waals surface area contributed by atoms with Crippen LogP contribution in [-0.4, -0.2) is 16.7 Å². The van der Waals surface area contributed by atoms with E-state index in [1.807, 2.05) is 54.6 Å². The Morgan fingerprint density at radius 2 is 1.68 bits per heavy atom. The van der Waals surface area contributed by atoms with Crippen molar-refractivity contribution in [3.05, 3.63) is 83.6 Å². The Kier molecular flexibility index (Phi) is 7.89. The van der Waals surface area contributed by atoms with Crippen LogP contribution in [0.4, 0.5) is 0 Å². The van der Waals surface area contributed by atoms with E-state index in [1.165, 1.54) is 5.56 Å². The summed E-state index contributed by atoms with van der Waals surface area (Å²) in [6.45, 7) is 0.672. The minimum absolute atomic E-state index is 0.294. The van der Waals surface area contributed by atoms with Crippen molar-refractivity contribution >= 4 is 12.2 Å². The van der Waals surface area contributed by atoms with Crippen LogP contribution in [0.25, 0.3) is 12.2 Å². The summed E-state index contributed by atoms with van der Waals surface area (Å²) in [6, 6.07) is 18.3. The highest BCUT2D eigenvalue weighted by molar-refractivity contribution is 5.65. The van der Waals surface area contributed by atoms with Crippen LogP contribution in [-0.2, 0) is 13.0 Å². The normalized spacial score (nSPS) is 11.2. The number of nitrogens with zero attached hydrogens (tertiary/aromatic N) is 1. The summed E-state index contributed by atoms with van der Waals surface area (Å²) in [6.07, 6.45) is 10.8. The number of aromatic nitrogens is 1. The minimum Gasteiger partial charge on any atom is -0.487 e. The van der Waals surface area contributed by atoms with Gasteiger partial charge in [0.15, 0.2) is 0 Å². The molecule has 0 spiro atoms. The maximum Gasteiger partial charge on any atom is 0.218 e. The van der Waals surface area contributed by atoms with Crippen LogP contribution in [0.5, 0.6) is 5.75 Å². The summed E-state index contributed by atoms with van der Waals surface area (Å²) >= 11 is 0. The molecule has 1 N–H and O–H groups in total. The molecule has 0 fully saturated rings. The van der Waals surface area contributed by atoms with Gasteiger partial charge >= 0.3 is 0 Å². The second-order valence-electron chi connectivity index (χ2n) is 6.74. The summed E-state index contributed by atoms with van der Waals surface area (Å²) in [4.78, 5) is 4.43. The van der Waals surface area contributed by atoms with E-state index < -0.39 is 0 Å². The van der Waals surface area contributed by atoms with Crippen molar-refractivity contribution in [1.82, 2.24) is 4.98 Å². The average molecular weight is 377 g/mol. The SMILES string of the molecule is OCCCCCCc1ccc(OCc2coc(/C=C/c3ccccc3)n2)cc1. The fourth-order valence-corrected chi connectivity index (χ4v) is 2.90. The number of aryl methyl sites for hydroxylation is 1. The zero-order valence-corrected chi connectivity index (χ0v) is 16.1. The van der Waals surface area contributed by atoms with Crippen LogP contribution < -0.4 is 4.74 Å². The molecule has 0 bridgehead atoms. The zero-order chi connectivity index (χ0) is 19.4. The summed E-state index contributed by atoms with van der Waals surface area (Å²) in [5, 5.41) is 8.79. The van der Waals surface area contributed by atoms with Crippen LogP contribution in [0, 0.1) is 0 Å². The fraction of sp³-hybridized carbons (Fsp3) is 0.292. The lowest BCUT2D eigenvalue weighted by molar-refractivity contribution is 0.282. The van der Waals surface area contributed by atoms with Crippen LogP contribution in [0.3, 0.4) is 0 Å². The van der Waals surface area contributed by atoms with Crippen molar-refractivity contribution < 1.29 is 14.3 Å². The third-order valence-electron chi connectivity index (χ3n) is 4.47. The molecule has 0 unspecified atom stereocenters. The maximum absolute atomic E-state index is 8.79. The Morgan fingerprint density at radius 3 is 2.46 bits per heavy atom. The van der Waals surface area contributed by atoms with Gasteiger partial charge in [0.2, 0.25) is 5.89 Å². The largest absolute Gasteiger partial charge is 0.487 e. The molecular weight excluding hydrogens is 350 g/mol. The predicted octanol–water partition coefficient (Wildman–Crippen LogP) is 5.52. The van der Waals surface area contributed by atoms with Gasteiger partial charge in [-0.3, -0.25) is 0 Å². The summed E-state index contributed by atoms with van der Waals surface area (Å²) < 4.78 is 11.3. The minimum atomic E-state index is 0.294. The summed E-state index contributed by atoms with van der Waals surface area (Å²) in [5.41, 5.74) is 3.18. The van der Waals surface area contributed by atoms with Gasteiger partial charge in [-0.05, 0) is 48.6 Å². The molecular formula is C24H27NO3. The van der Waals surface area contributed by atoms with Crippen LogP contribution >= 0.6 is 0 Å². The Bertz CT molecular complexity index is 838. The first-order valence-electron chi connectivity index (χ1n) is 9.83. The Labute approximate surface area is 166 Å². The van der Waals surface area contributed by atoms with E-state index in [4.69, 9.17) is 14.3 Å². The first-order chi connectivity index (χ1) is 13.8. The molecule has 146 valence electrons. The van der Waals surface area contributed by atoms with Gasteiger partial charge in [0.1, 0.15) is 24.3 Å². The molecule has 0 aliphatic carbocycles. The molecule has 0 saturated carbocycles. The van der Waals surface area contributed by atoms with Crippen molar-refractivity contribution in [2.45, 2.75) is 38.7 Å². The average Bonchev–Trinajstić information content (AvgIpc) is 3.20. The number of oxazole rings is 1. The van der Waals surface area contributed by atoms with E-state index in [0.717, 1.165) is 49.1 Å². The second-order valence-corrected chi connectivity index (χ2v) is 6.74. The molecule has 0 aliphatic rings. The second kappa shape index (κ2) is 11.1. The monoisotopic (exact) mass is 377 g/mol. The maximum atomic E-state index is 8.79. The van der Waals surface area contributed by atoms with E-state index >= 15 is 0 Å². The Morgan fingerprint density at radius 1 is 0.893 bits per heavy atom. The molecule has 0 aliphatic heterocycles. The number of hydrogen-bond acceptors (Lipinski definition) is 4. The number of rotatable bonds is 11. The van der Waals surface area contributed by atoms with Crippen molar-refractivity contribution in [2.75, 3.05) is 6.61 Å². The van der Waals surface area contributed by atoms with E-state index in [0.29, 0.717) is 19.1 Å². The van der Waals surface area contributed by atoms with Gasteiger partial charge in [0.05, 0.1) is 0 Å². The Hall–Kier alpha value is -2.85. The molecule has 0 atom stereocenters. The predicted molar refractivity (Wildman–Crippen MR) is 112 cm³/mol. The van der Waals surface area contributed by atoms with Gasteiger partial charge in [0, 0.05) is 12.7 Å². The lowest BCUT2D eigenvalue weighted by Gasteiger charge is -2.06. The first-order valence-corrected chi connectivity index (χ1v) is 9.83. The molecule has 2 aromatic carbocycles. The highest BCUT2D eigenvalue weighted by atomic mass is 16.5. The van der Waals surface area contributed by atoms with Crippen molar-refractivity contribution in [2.24, 2.45) is 0 Å². The van der Waals surface area contributed by atoms with Crippen LogP contribution in [0.15, 0.2) is 65.3 Å². The summed E-state index contributed by atoms with van der Waals surface area (Å²) in [5.74, 6) is 1.40. The number of aliphatic hydroxyl groups excluding tert-OH is 1. The highest BCUT2D eigenvalue weighted by Crippen LogP contribution is 2.16. The highest BCUT2D eigenvalue weighted by Gasteiger charge is 2.03. The third-order valence-corrected chi connectivity index (χ3v) is 4.47. The van der Waals surface area contributed by atoms with Crippen LogP contribution in [0.1, 0.15) is 48.4 Å².